The average molecular weight is 697 g/mol. The van der Waals surface area contributed by atoms with Crippen molar-refractivity contribution < 1.29 is 61.5 Å². The van der Waals surface area contributed by atoms with Gasteiger partial charge in [0.15, 0.2) is 0 Å². The zero-order valence-electron chi connectivity index (χ0n) is 22.7. The van der Waals surface area contributed by atoms with Gasteiger partial charge in [0.2, 0.25) is 11.8 Å². The molecule has 2 aromatic carbocycles. The summed E-state index contributed by atoms with van der Waals surface area (Å²) in [5.74, 6) is -1.36. The van der Waals surface area contributed by atoms with Gasteiger partial charge in [-0.1, -0.05) is 25.3 Å². The first-order valence-electron chi connectivity index (χ1n) is 12.1. The monoisotopic (exact) mass is 696 g/mol. The van der Waals surface area contributed by atoms with Crippen LogP contribution in [0, 0.1) is 0 Å². The van der Waals surface area contributed by atoms with Crippen LogP contribution < -0.4 is 0 Å². The number of carbonyl (C=O) groups excluding carboxylic acids is 2. The predicted molar refractivity (Wildman–Crippen MR) is 153 cm³/mol. The minimum absolute atomic E-state index is 0.0781. The number of amides is 2. The summed E-state index contributed by atoms with van der Waals surface area (Å²) in [6.07, 6.45) is 2.13. The summed E-state index contributed by atoms with van der Waals surface area (Å²) in [6, 6.07) is 4.77. The number of carbonyl (C=O) groups is 2. The summed E-state index contributed by atoms with van der Waals surface area (Å²) >= 11 is 0. The second-order valence-corrected chi connectivity index (χ2v) is 14.7. The molecule has 242 valence electrons. The third-order valence-electron chi connectivity index (χ3n) is 6.03. The van der Waals surface area contributed by atoms with Crippen molar-refractivity contribution in [1.29, 1.82) is 0 Å². The van der Waals surface area contributed by atoms with Gasteiger partial charge in [-0.25, -0.2) is 0 Å². The first-order valence-corrected chi connectivity index (χ1v) is 17.8. The molecule has 0 aromatic heterocycles. The van der Waals surface area contributed by atoms with Crippen LogP contribution in [0.3, 0.4) is 0 Å². The second kappa shape index (κ2) is 14.1. The third-order valence-corrected chi connectivity index (χ3v) is 9.60. The fourth-order valence-electron chi connectivity index (χ4n) is 3.94. The highest BCUT2D eigenvalue weighted by Gasteiger charge is 2.24. The lowest BCUT2D eigenvalue weighted by atomic mass is 10.1. The van der Waals surface area contributed by atoms with E-state index in [-0.39, 0.29) is 37.1 Å². The zero-order valence-corrected chi connectivity index (χ0v) is 25.9. The second-order valence-electron chi connectivity index (χ2n) is 9.07. The maximum atomic E-state index is 12.5. The molecule has 0 saturated carbocycles. The van der Waals surface area contributed by atoms with Gasteiger partial charge in [-0.05, 0) is 60.4 Å². The highest BCUT2D eigenvalue weighted by molar-refractivity contribution is 7.87. The minimum Gasteiger partial charge on any atom is -0.335 e. The zero-order chi connectivity index (χ0) is 33.7. The molecule has 44 heavy (non-hydrogen) atoms. The normalized spacial score (nSPS) is 12.4. The number of rotatable bonds is 15. The maximum Gasteiger partial charge on any atom is 0.294 e. The molecular weight excluding hydrogens is 669 g/mol. The molecule has 0 saturated heterocycles. The van der Waals surface area contributed by atoms with Crippen molar-refractivity contribution in [1.82, 2.24) is 9.80 Å². The molecule has 0 spiro atoms. The quantitative estimate of drug-likeness (QED) is 0.116. The Kier molecular flexibility index (Phi) is 11.7. The van der Waals surface area contributed by atoms with E-state index in [0.717, 1.165) is 46.2 Å². The Morgan fingerprint density at radius 2 is 0.909 bits per heavy atom. The Hall–Kier alpha value is -3.50. The van der Waals surface area contributed by atoms with Gasteiger partial charge in [-0.15, -0.1) is 0 Å². The van der Waals surface area contributed by atoms with Crippen molar-refractivity contribution in [3.8, 4) is 0 Å². The number of hydrogen-bond donors (Lipinski definition) is 4. The number of unbranched alkanes of at least 4 members (excludes halogenated alkanes) is 1. The van der Waals surface area contributed by atoms with Crippen LogP contribution in [0.2, 0.25) is 0 Å². The van der Waals surface area contributed by atoms with Gasteiger partial charge in [-0.2, -0.15) is 33.7 Å². The molecule has 0 fully saturated rings. The van der Waals surface area contributed by atoms with E-state index in [1.807, 2.05) is 0 Å². The first-order chi connectivity index (χ1) is 20.1. The van der Waals surface area contributed by atoms with E-state index >= 15 is 0 Å². The molecule has 0 bridgehead atoms. The summed E-state index contributed by atoms with van der Waals surface area (Å²) < 4.78 is 131. The molecule has 2 rings (SSSR count). The lowest BCUT2D eigenvalue weighted by Gasteiger charge is -2.25. The molecule has 0 radical (unpaired) electrons. The molecule has 16 nitrogen and oxygen atoms in total. The predicted octanol–water partition coefficient (Wildman–Crippen LogP) is 1.18. The van der Waals surface area contributed by atoms with Crippen molar-refractivity contribution in [3.63, 3.8) is 0 Å². The summed E-state index contributed by atoms with van der Waals surface area (Å²) in [7, 11) is -19.6. The highest BCUT2D eigenvalue weighted by Crippen LogP contribution is 2.24. The third kappa shape index (κ3) is 10.0. The van der Waals surface area contributed by atoms with Gasteiger partial charge in [-0.3, -0.25) is 27.8 Å². The van der Waals surface area contributed by atoms with Gasteiger partial charge in [0.05, 0.1) is 9.79 Å². The summed E-state index contributed by atoms with van der Waals surface area (Å²) in [5, 5.41) is 0. The number of hydrogen-bond acceptors (Lipinski definition) is 10. The van der Waals surface area contributed by atoms with Gasteiger partial charge in [0.1, 0.15) is 9.79 Å². The smallest absolute Gasteiger partial charge is 0.294 e. The van der Waals surface area contributed by atoms with E-state index < -0.39 is 85.0 Å². The first kappa shape index (κ1) is 36.7. The van der Waals surface area contributed by atoms with E-state index in [1.54, 1.807) is 0 Å². The van der Waals surface area contributed by atoms with Gasteiger partial charge in [0.25, 0.3) is 40.5 Å². The van der Waals surface area contributed by atoms with E-state index in [2.05, 4.69) is 13.2 Å². The number of benzene rings is 2. The molecule has 0 atom stereocenters. The van der Waals surface area contributed by atoms with Crippen molar-refractivity contribution >= 4 is 52.3 Å². The molecule has 0 heterocycles. The molecule has 2 aromatic rings. The Balaban J connectivity index is 2.28. The Labute approximate surface area is 254 Å². The highest BCUT2D eigenvalue weighted by atomic mass is 32.2. The Morgan fingerprint density at radius 3 is 1.16 bits per heavy atom. The lowest BCUT2D eigenvalue weighted by molar-refractivity contribution is -0.128. The van der Waals surface area contributed by atoms with Crippen LogP contribution >= 0.6 is 0 Å². The van der Waals surface area contributed by atoms with Crippen LogP contribution in [0.5, 0.6) is 0 Å². The fraction of sp³-hybridized carbons (Fsp3) is 0.250. The minimum atomic E-state index is -5.00. The molecule has 0 unspecified atom stereocenters. The SMILES string of the molecule is C=CC(=O)N(CCCCN(Cc1ccc(S(=O)(=O)O)cc1S(=O)(=O)O)C(=O)C=C)Cc1ccc(S(=O)(=O)O)cc1S(=O)(=O)O. The average Bonchev–Trinajstić information content (AvgIpc) is 2.90. The summed E-state index contributed by atoms with van der Waals surface area (Å²) in [5.41, 5.74) is -0.380. The van der Waals surface area contributed by atoms with Crippen molar-refractivity contribution in [2.75, 3.05) is 13.1 Å². The summed E-state index contributed by atoms with van der Waals surface area (Å²) in [4.78, 5) is 23.8. The van der Waals surface area contributed by atoms with E-state index in [1.165, 1.54) is 0 Å². The summed E-state index contributed by atoms with van der Waals surface area (Å²) in [6.45, 7) is 5.69. The molecule has 2 amide bonds. The Bertz CT molecular complexity index is 1760. The Morgan fingerprint density at radius 1 is 0.591 bits per heavy atom. The van der Waals surface area contributed by atoms with Gasteiger partial charge in [0, 0.05) is 26.2 Å². The standard InChI is InChI=1S/C24H28N2O14S4/c1-3-23(27)25(15-17-7-9-19(41(29,30)31)13-21(17)43(35,36)37)11-5-6-12-26(24(28)4-2)16-18-8-10-20(42(32,33)34)14-22(18)44(38,39)40/h3-4,7-10,13-14H,1-2,5-6,11-12,15-16H2,(H,29,30,31)(H,32,33,34)(H,35,36,37)(H,38,39,40). The number of nitrogens with zero attached hydrogens (tertiary/aromatic N) is 2. The van der Waals surface area contributed by atoms with E-state index in [0.29, 0.717) is 12.1 Å². The molecular formula is C24H28N2O14S4. The molecule has 20 heteroatoms. The molecule has 0 aliphatic carbocycles. The van der Waals surface area contributed by atoms with Crippen LogP contribution in [0.1, 0.15) is 24.0 Å². The van der Waals surface area contributed by atoms with E-state index in [4.69, 9.17) is 0 Å². The van der Waals surface area contributed by atoms with Crippen LogP contribution in [0.15, 0.2) is 81.3 Å². The maximum absolute atomic E-state index is 12.5. The van der Waals surface area contributed by atoms with Crippen LogP contribution in [-0.4, -0.2) is 86.6 Å². The largest absolute Gasteiger partial charge is 0.335 e. The van der Waals surface area contributed by atoms with Crippen LogP contribution in [-0.2, 0) is 63.2 Å². The van der Waals surface area contributed by atoms with Crippen LogP contribution in [0.25, 0.3) is 0 Å². The van der Waals surface area contributed by atoms with Gasteiger partial charge >= 0.3 is 0 Å². The molecule has 0 aliphatic heterocycles. The van der Waals surface area contributed by atoms with E-state index in [9.17, 15) is 61.5 Å². The molecule has 4 N–H and O–H groups in total. The topological polar surface area (TPSA) is 258 Å². The lowest BCUT2D eigenvalue weighted by Crippen LogP contribution is -2.33. The van der Waals surface area contributed by atoms with Gasteiger partial charge < -0.3 is 9.80 Å². The van der Waals surface area contributed by atoms with Crippen molar-refractivity contribution in [2.45, 2.75) is 45.5 Å². The van der Waals surface area contributed by atoms with Crippen molar-refractivity contribution in [3.05, 3.63) is 72.8 Å². The van der Waals surface area contributed by atoms with Crippen molar-refractivity contribution in [2.24, 2.45) is 0 Å². The fourth-order valence-corrected chi connectivity index (χ4v) is 6.58. The molecule has 0 aliphatic rings. The van der Waals surface area contributed by atoms with Crippen LogP contribution in [0.4, 0.5) is 0 Å².